The summed E-state index contributed by atoms with van der Waals surface area (Å²) < 4.78 is 43.1. The Kier molecular flexibility index (Phi) is 2.39. The molecular formula is C10H9F3N4O. The number of rotatable bonds is 3. The van der Waals surface area contributed by atoms with Crippen molar-refractivity contribution in [2.24, 2.45) is 0 Å². The summed E-state index contributed by atoms with van der Waals surface area (Å²) >= 11 is 0. The Hall–Kier alpha value is -1.86. The molecule has 0 unspecified atom stereocenters. The third kappa shape index (κ3) is 2.22. The number of hydrogen-bond acceptors (Lipinski definition) is 4. The summed E-state index contributed by atoms with van der Waals surface area (Å²) in [6.07, 6.45) is -1.11. The van der Waals surface area contributed by atoms with Gasteiger partial charge in [0.25, 0.3) is 0 Å². The van der Waals surface area contributed by atoms with Gasteiger partial charge in [-0.3, -0.25) is 4.68 Å². The van der Waals surface area contributed by atoms with Crippen molar-refractivity contribution in [3.05, 3.63) is 29.7 Å². The van der Waals surface area contributed by atoms with E-state index in [1.807, 2.05) is 0 Å². The van der Waals surface area contributed by atoms with E-state index in [9.17, 15) is 13.2 Å². The van der Waals surface area contributed by atoms with Crippen molar-refractivity contribution in [2.75, 3.05) is 0 Å². The summed E-state index contributed by atoms with van der Waals surface area (Å²) in [7, 11) is 0. The molecule has 0 amide bonds. The van der Waals surface area contributed by atoms with Crippen molar-refractivity contribution >= 4 is 0 Å². The Balaban J connectivity index is 1.73. The summed E-state index contributed by atoms with van der Waals surface area (Å²) in [5, 5.41) is 7.19. The molecule has 0 aromatic carbocycles. The SMILES string of the molecule is FC(F)(F)c1ccn(Cc2nc(C3CC3)no2)n1. The molecule has 1 saturated carbocycles. The molecule has 0 atom stereocenters. The third-order valence-electron chi connectivity index (χ3n) is 2.65. The number of hydrogen-bond donors (Lipinski definition) is 0. The van der Waals surface area contributed by atoms with Crippen molar-refractivity contribution < 1.29 is 17.7 Å². The average molecular weight is 258 g/mol. The zero-order valence-corrected chi connectivity index (χ0v) is 9.18. The first kappa shape index (κ1) is 11.2. The van der Waals surface area contributed by atoms with Gasteiger partial charge in [-0.25, -0.2) is 0 Å². The van der Waals surface area contributed by atoms with E-state index in [1.54, 1.807) is 0 Å². The maximum atomic E-state index is 12.3. The molecule has 0 aliphatic heterocycles. The van der Waals surface area contributed by atoms with E-state index in [1.165, 1.54) is 6.20 Å². The number of nitrogens with zero attached hydrogens (tertiary/aromatic N) is 4. The second kappa shape index (κ2) is 3.82. The van der Waals surface area contributed by atoms with Crippen LogP contribution in [0.5, 0.6) is 0 Å². The van der Waals surface area contributed by atoms with E-state index in [2.05, 4.69) is 15.2 Å². The van der Waals surface area contributed by atoms with Crippen LogP contribution in [-0.4, -0.2) is 19.9 Å². The molecule has 2 aromatic heterocycles. The summed E-state index contributed by atoms with van der Waals surface area (Å²) in [6, 6.07) is 0.915. The Labute approximate surface area is 99.6 Å². The highest BCUT2D eigenvalue weighted by atomic mass is 19.4. The Bertz CT molecular complexity index is 555. The minimum atomic E-state index is -4.43. The van der Waals surface area contributed by atoms with Gasteiger partial charge in [0.05, 0.1) is 0 Å². The van der Waals surface area contributed by atoms with Crippen LogP contribution in [0.2, 0.25) is 0 Å². The van der Waals surface area contributed by atoms with E-state index in [0.29, 0.717) is 11.7 Å². The van der Waals surface area contributed by atoms with Crippen LogP contribution in [0, 0.1) is 0 Å². The highest BCUT2D eigenvalue weighted by molar-refractivity contribution is 5.05. The van der Waals surface area contributed by atoms with Crippen LogP contribution in [0.1, 0.15) is 36.2 Å². The number of alkyl halides is 3. The lowest BCUT2D eigenvalue weighted by molar-refractivity contribution is -0.141. The minimum absolute atomic E-state index is 0.0514. The van der Waals surface area contributed by atoms with Gasteiger partial charge in [0, 0.05) is 12.1 Å². The van der Waals surface area contributed by atoms with Crippen LogP contribution in [0.25, 0.3) is 0 Å². The van der Waals surface area contributed by atoms with Crippen LogP contribution in [0.15, 0.2) is 16.8 Å². The predicted molar refractivity (Wildman–Crippen MR) is 52.6 cm³/mol. The lowest BCUT2D eigenvalue weighted by Crippen LogP contribution is -2.08. The lowest BCUT2D eigenvalue weighted by Gasteiger charge is -2.00. The first-order chi connectivity index (χ1) is 8.52. The third-order valence-corrected chi connectivity index (χ3v) is 2.65. The quantitative estimate of drug-likeness (QED) is 0.846. The van der Waals surface area contributed by atoms with E-state index in [-0.39, 0.29) is 12.4 Å². The fourth-order valence-electron chi connectivity index (χ4n) is 1.58. The molecule has 0 N–H and O–H groups in total. The summed E-state index contributed by atoms with van der Waals surface area (Å²) in [6.45, 7) is 0.0514. The average Bonchev–Trinajstić information content (AvgIpc) is 2.85. The fraction of sp³-hybridized carbons (Fsp3) is 0.500. The van der Waals surface area contributed by atoms with Gasteiger partial charge >= 0.3 is 6.18 Å². The van der Waals surface area contributed by atoms with Crippen molar-refractivity contribution in [3.63, 3.8) is 0 Å². The van der Waals surface area contributed by atoms with Gasteiger partial charge in [-0.15, -0.1) is 0 Å². The van der Waals surface area contributed by atoms with Gasteiger partial charge < -0.3 is 4.52 Å². The molecule has 18 heavy (non-hydrogen) atoms. The Morgan fingerprint density at radius 3 is 2.78 bits per heavy atom. The molecule has 96 valence electrons. The highest BCUT2D eigenvalue weighted by Crippen LogP contribution is 2.38. The summed E-state index contributed by atoms with van der Waals surface area (Å²) in [5.41, 5.74) is -0.926. The molecule has 2 heterocycles. The van der Waals surface area contributed by atoms with Crippen molar-refractivity contribution in [3.8, 4) is 0 Å². The maximum absolute atomic E-state index is 12.3. The highest BCUT2D eigenvalue weighted by Gasteiger charge is 2.33. The topological polar surface area (TPSA) is 56.7 Å². The molecule has 1 fully saturated rings. The van der Waals surface area contributed by atoms with Gasteiger partial charge in [0.2, 0.25) is 5.89 Å². The smallest absolute Gasteiger partial charge is 0.337 e. The standard InChI is InChI=1S/C10H9F3N4O/c11-10(12,13)7-3-4-17(15-7)5-8-14-9(16-18-8)6-1-2-6/h3-4,6H,1-2,5H2. The lowest BCUT2D eigenvalue weighted by atomic mass is 10.4. The molecule has 0 saturated heterocycles. The molecule has 1 aliphatic rings. The van der Waals surface area contributed by atoms with Gasteiger partial charge in [-0.2, -0.15) is 23.3 Å². The van der Waals surface area contributed by atoms with E-state index in [0.717, 1.165) is 23.6 Å². The van der Waals surface area contributed by atoms with Crippen LogP contribution in [0.3, 0.4) is 0 Å². The normalized spacial score (nSPS) is 16.2. The van der Waals surface area contributed by atoms with Crippen LogP contribution in [0.4, 0.5) is 13.2 Å². The monoisotopic (exact) mass is 258 g/mol. The fourth-order valence-corrected chi connectivity index (χ4v) is 1.58. The second-order valence-corrected chi connectivity index (χ2v) is 4.22. The Morgan fingerprint density at radius 2 is 2.17 bits per heavy atom. The van der Waals surface area contributed by atoms with E-state index >= 15 is 0 Å². The van der Waals surface area contributed by atoms with Gasteiger partial charge in [-0.1, -0.05) is 5.16 Å². The summed E-state index contributed by atoms with van der Waals surface area (Å²) in [5.74, 6) is 1.26. The summed E-state index contributed by atoms with van der Waals surface area (Å²) in [4.78, 5) is 4.12. The van der Waals surface area contributed by atoms with Crippen molar-refractivity contribution in [1.82, 2.24) is 19.9 Å². The molecular weight excluding hydrogens is 249 g/mol. The molecule has 1 aliphatic carbocycles. The first-order valence-corrected chi connectivity index (χ1v) is 5.45. The van der Waals surface area contributed by atoms with Crippen LogP contribution < -0.4 is 0 Å². The molecule has 0 bridgehead atoms. The van der Waals surface area contributed by atoms with Crippen LogP contribution in [-0.2, 0) is 12.7 Å². The molecule has 2 aromatic rings. The zero-order valence-electron chi connectivity index (χ0n) is 9.18. The number of halogens is 3. The zero-order chi connectivity index (χ0) is 12.8. The molecule has 8 heteroatoms. The first-order valence-electron chi connectivity index (χ1n) is 5.45. The Morgan fingerprint density at radius 1 is 1.39 bits per heavy atom. The largest absolute Gasteiger partial charge is 0.435 e. The molecule has 3 rings (SSSR count). The van der Waals surface area contributed by atoms with Crippen LogP contribution >= 0.6 is 0 Å². The molecule has 0 spiro atoms. The second-order valence-electron chi connectivity index (χ2n) is 4.22. The maximum Gasteiger partial charge on any atom is 0.435 e. The molecule has 5 nitrogen and oxygen atoms in total. The van der Waals surface area contributed by atoms with Gasteiger partial charge in [0.15, 0.2) is 11.5 Å². The van der Waals surface area contributed by atoms with E-state index < -0.39 is 11.9 Å². The minimum Gasteiger partial charge on any atom is -0.337 e. The van der Waals surface area contributed by atoms with Gasteiger partial charge in [0.1, 0.15) is 6.54 Å². The predicted octanol–water partition coefficient (Wildman–Crippen LogP) is 2.21. The van der Waals surface area contributed by atoms with Crippen molar-refractivity contribution in [1.29, 1.82) is 0 Å². The number of aromatic nitrogens is 4. The van der Waals surface area contributed by atoms with Gasteiger partial charge in [-0.05, 0) is 18.9 Å². The van der Waals surface area contributed by atoms with Crippen molar-refractivity contribution in [2.45, 2.75) is 31.5 Å². The molecule has 0 radical (unpaired) electrons. The van der Waals surface area contributed by atoms with E-state index in [4.69, 9.17) is 4.52 Å².